The van der Waals surface area contributed by atoms with Crippen molar-refractivity contribution < 1.29 is 4.74 Å². The summed E-state index contributed by atoms with van der Waals surface area (Å²) in [5, 5.41) is 9.31. The van der Waals surface area contributed by atoms with Crippen LogP contribution < -0.4 is 10.2 Å². The number of halogens is 1. The van der Waals surface area contributed by atoms with Gasteiger partial charge in [0.1, 0.15) is 11.5 Å². The number of hydrogen-bond donors (Lipinski definition) is 1. The average Bonchev–Trinajstić information content (AvgIpc) is 3.52. The van der Waals surface area contributed by atoms with Gasteiger partial charge in [-0.25, -0.2) is 14.5 Å². The van der Waals surface area contributed by atoms with E-state index in [0.29, 0.717) is 30.2 Å². The summed E-state index contributed by atoms with van der Waals surface area (Å²) in [4.78, 5) is 11.8. The van der Waals surface area contributed by atoms with Gasteiger partial charge in [-0.3, -0.25) is 0 Å². The number of morpholine rings is 1. The maximum absolute atomic E-state index is 6.37. The summed E-state index contributed by atoms with van der Waals surface area (Å²) in [5.41, 5.74) is 4.65. The number of benzene rings is 1. The van der Waals surface area contributed by atoms with E-state index in [1.54, 1.807) is 0 Å². The number of rotatable bonds is 5. The SMILES string of the molecule is Clc1cccc(-c2nn3c(N4CCOCC4)cccc3c2-c2ccnc(NC3CCCC3)n2)c1. The van der Waals surface area contributed by atoms with Gasteiger partial charge in [-0.05, 0) is 43.2 Å². The number of aromatic nitrogens is 4. The Morgan fingerprint density at radius 2 is 1.82 bits per heavy atom. The molecular formula is C26H27ClN6O. The van der Waals surface area contributed by atoms with Crippen LogP contribution in [-0.4, -0.2) is 51.9 Å². The van der Waals surface area contributed by atoms with Gasteiger partial charge in [-0.1, -0.05) is 42.6 Å². The largest absolute Gasteiger partial charge is 0.378 e. The van der Waals surface area contributed by atoms with Gasteiger partial charge in [0.25, 0.3) is 0 Å². The molecule has 0 unspecified atom stereocenters. The fraction of sp³-hybridized carbons (Fsp3) is 0.346. The van der Waals surface area contributed by atoms with Crippen LogP contribution in [0.15, 0.2) is 54.7 Å². The Kier molecular flexibility index (Phi) is 5.81. The highest BCUT2D eigenvalue weighted by atomic mass is 35.5. The first kappa shape index (κ1) is 21.4. The van der Waals surface area contributed by atoms with Crippen LogP contribution in [0.25, 0.3) is 28.0 Å². The lowest BCUT2D eigenvalue weighted by Gasteiger charge is -2.28. The van der Waals surface area contributed by atoms with Crippen LogP contribution in [0.1, 0.15) is 25.7 Å². The van der Waals surface area contributed by atoms with Crippen LogP contribution in [0.2, 0.25) is 5.02 Å². The third-order valence-electron chi connectivity index (χ3n) is 6.67. The number of fused-ring (bicyclic) bond motifs is 1. The molecule has 0 amide bonds. The van der Waals surface area contributed by atoms with Gasteiger partial charge in [-0.15, -0.1) is 0 Å². The molecule has 2 fully saturated rings. The first-order valence-electron chi connectivity index (χ1n) is 12.0. The molecule has 1 aliphatic carbocycles. The van der Waals surface area contributed by atoms with Crippen molar-refractivity contribution in [3.05, 3.63) is 59.8 Å². The predicted octanol–water partition coefficient (Wildman–Crippen LogP) is 5.30. The lowest BCUT2D eigenvalue weighted by Crippen LogP contribution is -2.37. The monoisotopic (exact) mass is 474 g/mol. The van der Waals surface area contributed by atoms with Crippen molar-refractivity contribution in [1.82, 2.24) is 19.6 Å². The second-order valence-corrected chi connectivity index (χ2v) is 9.34. The molecule has 1 saturated carbocycles. The molecule has 1 aliphatic heterocycles. The van der Waals surface area contributed by atoms with Gasteiger partial charge in [0, 0.05) is 35.9 Å². The summed E-state index contributed by atoms with van der Waals surface area (Å²) in [6.45, 7) is 3.11. The minimum Gasteiger partial charge on any atom is -0.378 e. The highest BCUT2D eigenvalue weighted by molar-refractivity contribution is 6.30. The third kappa shape index (κ3) is 4.10. The van der Waals surface area contributed by atoms with E-state index in [9.17, 15) is 0 Å². The fourth-order valence-electron chi connectivity index (χ4n) is 5.00. The molecule has 0 spiro atoms. The first-order chi connectivity index (χ1) is 16.8. The third-order valence-corrected chi connectivity index (χ3v) is 6.91. The normalized spacial score (nSPS) is 16.9. The summed E-state index contributed by atoms with van der Waals surface area (Å²) in [5.74, 6) is 1.72. The van der Waals surface area contributed by atoms with Crippen molar-refractivity contribution in [2.45, 2.75) is 31.7 Å². The zero-order valence-corrected chi connectivity index (χ0v) is 19.7. The number of anilines is 2. The fourth-order valence-corrected chi connectivity index (χ4v) is 5.19. The second-order valence-electron chi connectivity index (χ2n) is 8.91. The maximum atomic E-state index is 6.37. The minimum absolute atomic E-state index is 0.444. The average molecular weight is 475 g/mol. The van der Waals surface area contributed by atoms with Crippen molar-refractivity contribution in [2.24, 2.45) is 0 Å². The molecule has 4 heterocycles. The van der Waals surface area contributed by atoms with Crippen molar-refractivity contribution >= 4 is 28.9 Å². The predicted molar refractivity (Wildman–Crippen MR) is 136 cm³/mol. The van der Waals surface area contributed by atoms with Crippen LogP contribution in [0.3, 0.4) is 0 Å². The van der Waals surface area contributed by atoms with Crippen molar-refractivity contribution in [2.75, 3.05) is 36.5 Å². The van der Waals surface area contributed by atoms with Gasteiger partial charge in [-0.2, -0.15) is 5.10 Å². The Morgan fingerprint density at radius 1 is 1.00 bits per heavy atom. The highest BCUT2D eigenvalue weighted by Crippen LogP contribution is 2.37. The molecule has 34 heavy (non-hydrogen) atoms. The summed E-state index contributed by atoms with van der Waals surface area (Å²) >= 11 is 6.37. The molecule has 8 heteroatoms. The van der Waals surface area contributed by atoms with Gasteiger partial charge in [0.2, 0.25) is 5.95 Å². The Bertz CT molecular complexity index is 1310. The number of hydrogen-bond acceptors (Lipinski definition) is 6. The summed E-state index contributed by atoms with van der Waals surface area (Å²) in [6, 6.07) is 16.6. The quantitative estimate of drug-likeness (QED) is 0.423. The summed E-state index contributed by atoms with van der Waals surface area (Å²) in [6.07, 6.45) is 6.68. The van der Waals surface area contributed by atoms with Crippen LogP contribution >= 0.6 is 11.6 Å². The van der Waals surface area contributed by atoms with E-state index in [1.165, 1.54) is 25.7 Å². The molecular weight excluding hydrogens is 448 g/mol. The molecule has 174 valence electrons. The van der Waals surface area contributed by atoms with E-state index in [1.807, 2.05) is 41.0 Å². The van der Waals surface area contributed by atoms with E-state index < -0.39 is 0 Å². The molecule has 1 aromatic carbocycles. The van der Waals surface area contributed by atoms with E-state index in [2.05, 4.69) is 33.4 Å². The Hall–Kier alpha value is -3.16. The Labute approximate surface area is 203 Å². The van der Waals surface area contributed by atoms with Crippen molar-refractivity contribution in [3.8, 4) is 22.5 Å². The van der Waals surface area contributed by atoms with Crippen molar-refractivity contribution in [1.29, 1.82) is 0 Å². The lowest BCUT2D eigenvalue weighted by atomic mass is 10.0. The molecule has 2 aliphatic rings. The van der Waals surface area contributed by atoms with Crippen LogP contribution in [0.4, 0.5) is 11.8 Å². The second kappa shape index (κ2) is 9.24. The van der Waals surface area contributed by atoms with E-state index >= 15 is 0 Å². The van der Waals surface area contributed by atoms with E-state index in [-0.39, 0.29) is 0 Å². The zero-order valence-electron chi connectivity index (χ0n) is 19.0. The number of nitrogens with one attached hydrogen (secondary N) is 1. The smallest absolute Gasteiger partial charge is 0.223 e. The topological polar surface area (TPSA) is 67.6 Å². The maximum Gasteiger partial charge on any atom is 0.223 e. The number of nitrogens with zero attached hydrogens (tertiary/aromatic N) is 5. The van der Waals surface area contributed by atoms with Crippen LogP contribution in [-0.2, 0) is 4.74 Å². The molecule has 0 bridgehead atoms. The van der Waals surface area contributed by atoms with Crippen molar-refractivity contribution in [3.63, 3.8) is 0 Å². The van der Waals surface area contributed by atoms with Crippen LogP contribution in [0.5, 0.6) is 0 Å². The summed E-state index contributed by atoms with van der Waals surface area (Å²) < 4.78 is 7.60. The van der Waals surface area contributed by atoms with Crippen LogP contribution in [0, 0.1) is 0 Å². The first-order valence-corrected chi connectivity index (χ1v) is 12.3. The molecule has 0 radical (unpaired) electrons. The minimum atomic E-state index is 0.444. The zero-order chi connectivity index (χ0) is 22.9. The van der Waals surface area contributed by atoms with Gasteiger partial charge in [0.15, 0.2) is 0 Å². The molecule has 4 aromatic rings. The molecule has 1 saturated heterocycles. The standard InChI is InChI=1S/C26H27ClN6O/c27-19-6-3-5-18(17-19)25-24(21-11-12-28-26(30-21)29-20-7-1-2-8-20)22-9-4-10-23(33(22)31-25)32-13-15-34-16-14-32/h3-6,9-12,17,20H,1-2,7-8,13-16H2,(H,28,29,30). The van der Waals surface area contributed by atoms with E-state index in [0.717, 1.165) is 46.9 Å². The van der Waals surface area contributed by atoms with E-state index in [4.69, 9.17) is 26.4 Å². The number of ether oxygens (including phenoxy) is 1. The number of pyridine rings is 1. The molecule has 0 atom stereocenters. The van der Waals surface area contributed by atoms with Gasteiger partial charge < -0.3 is 15.0 Å². The summed E-state index contributed by atoms with van der Waals surface area (Å²) in [7, 11) is 0. The molecule has 6 rings (SSSR count). The van der Waals surface area contributed by atoms with Gasteiger partial charge in [0.05, 0.1) is 30.0 Å². The Morgan fingerprint density at radius 3 is 2.65 bits per heavy atom. The molecule has 3 aromatic heterocycles. The molecule has 7 nitrogen and oxygen atoms in total. The highest BCUT2D eigenvalue weighted by Gasteiger charge is 2.23. The Balaban J connectivity index is 1.51. The lowest BCUT2D eigenvalue weighted by molar-refractivity contribution is 0.122. The van der Waals surface area contributed by atoms with Gasteiger partial charge >= 0.3 is 0 Å². The molecule has 1 N–H and O–H groups in total.